The molecule has 0 fully saturated rings. The molecular formula is C10H15NO4S. The summed E-state index contributed by atoms with van der Waals surface area (Å²) in [5.41, 5.74) is 3.39. The summed E-state index contributed by atoms with van der Waals surface area (Å²) >= 11 is 0. The fraction of sp³-hybridized carbons (Fsp3) is 0.300. The van der Waals surface area contributed by atoms with Crippen LogP contribution in [-0.2, 0) is 14.6 Å². The van der Waals surface area contributed by atoms with Crippen LogP contribution >= 0.6 is 0 Å². The molecule has 0 aliphatic heterocycles. The number of aromatic nitrogens is 1. The minimum absolute atomic E-state index is 0.870. The molecule has 0 aromatic carbocycles. The highest BCUT2D eigenvalue weighted by Gasteiger charge is 1.94. The van der Waals surface area contributed by atoms with E-state index in [2.05, 4.69) is 28.7 Å². The Kier molecular flexibility index (Phi) is 5.87. The van der Waals surface area contributed by atoms with Crippen molar-refractivity contribution in [3.63, 3.8) is 0 Å². The van der Waals surface area contributed by atoms with E-state index in [0.29, 0.717) is 0 Å². The third-order valence-electron chi connectivity index (χ3n) is 1.81. The van der Waals surface area contributed by atoms with Crippen molar-refractivity contribution in [2.24, 2.45) is 0 Å². The van der Waals surface area contributed by atoms with Crippen LogP contribution in [-0.4, -0.2) is 25.1 Å². The number of aryl methyl sites for hydroxylation is 2. The second kappa shape index (κ2) is 6.37. The maximum Gasteiger partial charge on any atom is 0.397 e. The topological polar surface area (TPSA) is 76.5 Å². The van der Waals surface area contributed by atoms with Crippen molar-refractivity contribution in [1.82, 2.24) is 4.98 Å². The van der Waals surface area contributed by atoms with Gasteiger partial charge in [-0.2, -0.15) is 8.42 Å². The average Bonchev–Trinajstić information content (AvgIpc) is 2.22. The Morgan fingerprint density at radius 1 is 1.50 bits per heavy atom. The van der Waals surface area contributed by atoms with Crippen molar-refractivity contribution in [3.05, 3.63) is 35.7 Å². The smallest absolute Gasteiger partial charge is 0.264 e. The molecule has 16 heavy (non-hydrogen) atoms. The van der Waals surface area contributed by atoms with E-state index in [-0.39, 0.29) is 0 Å². The van der Waals surface area contributed by atoms with Gasteiger partial charge in [-0.3, -0.25) is 13.7 Å². The first-order valence-corrected chi connectivity index (χ1v) is 5.75. The highest BCUT2D eigenvalue weighted by molar-refractivity contribution is 7.80. The van der Waals surface area contributed by atoms with E-state index in [0.717, 1.165) is 18.4 Å². The molecule has 1 aromatic heterocycles. The Hall–Kier alpha value is -1.24. The Balaban J connectivity index is 0.000000325. The van der Waals surface area contributed by atoms with E-state index in [4.69, 9.17) is 4.55 Å². The van der Waals surface area contributed by atoms with E-state index < -0.39 is 10.4 Å². The molecule has 1 aromatic rings. The van der Waals surface area contributed by atoms with Crippen molar-refractivity contribution in [2.75, 3.05) is 7.11 Å². The van der Waals surface area contributed by atoms with Gasteiger partial charge in [-0.15, -0.1) is 0 Å². The second-order valence-corrected chi connectivity index (χ2v) is 4.16. The number of pyridine rings is 1. The summed E-state index contributed by atoms with van der Waals surface area (Å²) < 4.78 is 29.7. The average molecular weight is 245 g/mol. The van der Waals surface area contributed by atoms with Gasteiger partial charge in [0.25, 0.3) is 0 Å². The van der Waals surface area contributed by atoms with Crippen LogP contribution < -0.4 is 0 Å². The summed E-state index contributed by atoms with van der Waals surface area (Å²) in [5, 5.41) is 0. The molecule has 6 heteroatoms. The second-order valence-electron chi connectivity index (χ2n) is 2.97. The fourth-order valence-electron chi connectivity index (χ4n) is 0.777. The summed E-state index contributed by atoms with van der Waals surface area (Å²) in [7, 11) is -3.29. The SMILES string of the molecule is C=Cc1cnc(C)c(C)c1.COS(=O)(=O)O. The lowest BCUT2D eigenvalue weighted by atomic mass is 10.2. The van der Waals surface area contributed by atoms with Crippen molar-refractivity contribution in [1.29, 1.82) is 0 Å². The predicted octanol–water partition coefficient (Wildman–Crippen LogP) is 1.78. The molecule has 0 spiro atoms. The zero-order valence-corrected chi connectivity index (χ0v) is 10.3. The Bertz CT molecular complexity index is 454. The molecule has 1 rings (SSSR count). The van der Waals surface area contributed by atoms with Gasteiger partial charge in [0.2, 0.25) is 0 Å². The summed E-state index contributed by atoms with van der Waals surface area (Å²) in [6.07, 6.45) is 3.63. The summed E-state index contributed by atoms with van der Waals surface area (Å²) in [6, 6.07) is 2.08. The van der Waals surface area contributed by atoms with Crippen LogP contribution in [0.15, 0.2) is 18.8 Å². The van der Waals surface area contributed by atoms with Crippen LogP contribution in [0.5, 0.6) is 0 Å². The van der Waals surface area contributed by atoms with Gasteiger partial charge in [0, 0.05) is 11.9 Å². The van der Waals surface area contributed by atoms with Crippen LogP contribution in [0.2, 0.25) is 0 Å². The van der Waals surface area contributed by atoms with Crippen molar-refractivity contribution >= 4 is 16.5 Å². The molecule has 0 aliphatic rings. The van der Waals surface area contributed by atoms with Crippen molar-refractivity contribution in [3.8, 4) is 0 Å². The minimum Gasteiger partial charge on any atom is -0.264 e. The van der Waals surface area contributed by atoms with Gasteiger partial charge in [-0.05, 0) is 31.0 Å². The lowest BCUT2D eigenvalue weighted by Crippen LogP contribution is -1.96. The zero-order valence-electron chi connectivity index (χ0n) is 9.47. The van der Waals surface area contributed by atoms with E-state index >= 15 is 0 Å². The molecule has 0 unspecified atom stereocenters. The van der Waals surface area contributed by atoms with Crippen LogP contribution in [0.4, 0.5) is 0 Å². The maximum atomic E-state index is 9.33. The van der Waals surface area contributed by atoms with E-state index in [9.17, 15) is 8.42 Å². The van der Waals surface area contributed by atoms with Gasteiger partial charge in [-0.25, -0.2) is 0 Å². The van der Waals surface area contributed by atoms with Crippen LogP contribution in [0, 0.1) is 13.8 Å². The van der Waals surface area contributed by atoms with E-state index in [1.165, 1.54) is 5.56 Å². The van der Waals surface area contributed by atoms with E-state index in [1.54, 1.807) is 6.08 Å². The van der Waals surface area contributed by atoms with Crippen LogP contribution in [0.1, 0.15) is 16.8 Å². The monoisotopic (exact) mass is 245 g/mol. The lowest BCUT2D eigenvalue weighted by Gasteiger charge is -1.98. The van der Waals surface area contributed by atoms with Gasteiger partial charge in [0.15, 0.2) is 0 Å². The van der Waals surface area contributed by atoms with Gasteiger partial charge in [0.05, 0.1) is 7.11 Å². The third-order valence-corrected chi connectivity index (χ3v) is 2.23. The highest BCUT2D eigenvalue weighted by Crippen LogP contribution is 2.06. The Morgan fingerprint density at radius 3 is 2.31 bits per heavy atom. The molecule has 0 radical (unpaired) electrons. The molecule has 0 saturated heterocycles. The first-order chi connectivity index (χ1) is 7.30. The van der Waals surface area contributed by atoms with Gasteiger partial charge in [-0.1, -0.05) is 12.7 Å². The third kappa shape index (κ3) is 6.28. The Morgan fingerprint density at radius 2 is 2.00 bits per heavy atom. The molecule has 0 saturated carbocycles. The molecule has 90 valence electrons. The molecule has 5 nitrogen and oxygen atoms in total. The van der Waals surface area contributed by atoms with Gasteiger partial charge < -0.3 is 0 Å². The minimum atomic E-state index is -4.16. The molecule has 1 N–H and O–H groups in total. The van der Waals surface area contributed by atoms with Crippen LogP contribution in [0.3, 0.4) is 0 Å². The summed E-state index contributed by atoms with van der Waals surface area (Å²) in [5.74, 6) is 0. The maximum absolute atomic E-state index is 9.33. The predicted molar refractivity (Wildman–Crippen MR) is 62.4 cm³/mol. The highest BCUT2D eigenvalue weighted by atomic mass is 32.3. The number of hydrogen-bond donors (Lipinski definition) is 1. The standard InChI is InChI=1S/C9H11N.CH4O4S/c1-4-9-5-7(2)8(3)10-6-9;1-5-6(2,3)4/h4-6H,1H2,2-3H3;1H3,(H,2,3,4). The quantitative estimate of drug-likeness (QED) is 0.804. The molecule has 1 heterocycles. The first-order valence-electron chi connectivity index (χ1n) is 4.39. The fourth-order valence-corrected chi connectivity index (χ4v) is 0.777. The molecular weight excluding hydrogens is 230 g/mol. The number of hydrogen-bond acceptors (Lipinski definition) is 4. The zero-order chi connectivity index (χ0) is 12.8. The number of nitrogens with zero attached hydrogens (tertiary/aromatic N) is 1. The largest absolute Gasteiger partial charge is 0.397 e. The van der Waals surface area contributed by atoms with Crippen LogP contribution in [0.25, 0.3) is 6.08 Å². The van der Waals surface area contributed by atoms with Crippen molar-refractivity contribution < 1.29 is 17.2 Å². The molecule has 0 bridgehead atoms. The van der Waals surface area contributed by atoms with E-state index in [1.807, 2.05) is 13.1 Å². The lowest BCUT2D eigenvalue weighted by molar-refractivity contribution is 0.324. The molecule has 0 amide bonds. The van der Waals surface area contributed by atoms with Crippen molar-refractivity contribution in [2.45, 2.75) is 13.8 Å². The molecule has 0 atom stereocenters. The summed E-state index contributed by atoms with van der Waals surface area (Å²) in [6.45, 7) is 7.71. The van der Waals surface area contributed by atoms with Gasteiger partial charge in [0.1, 0.15) is 0 Å². The Labute approximate surface area is 95.7 Å². The normalized spacial score (nSPS) is 10.2. The van der Waals surface area contributed by atoms with Gasteiger partial charge >= 0.3 is 10.4 Å². The first kappa shape index (κ1) is 14.8. The number of rotatable bonds is 2. The molecule has 0 aliphatic carbocycles. The summed E-state index contributed by atoms with van der Waals surface area (Å²) in [4.78, 5) is 4.18.